The normalized spacial score (nSPS) is 14.9. The van der Waals surface area contributed by atoms with Crippen LogP contribution in [0.15, 0.2) is 47.5 Å². The molecule has 1 aromatic heterocycles. The molecule has 2 aromatic rings. The second-order valence-electron chi connectivity index (χ2n) is 5.70. The minimum Gasteiger partial charge on any atom is -0.370 e. The summed E-state index contributed by atoms with van der Waals surface area (Å²) >= 11 is 0. The van der Waals surface area contributed by atoms with Crippen molar-refractivity contribution in [1.82, 2.24) is 4.98 Å². The van der Waals surface area contributed by atoms with Crippen molar-refractivity contribution in [3.8, 4) is 0 Å². The van der Waals surface area contributed by atoms with E-state index in [1.807, 2.05) is 25.1 Å². The van der Waals surface area contributed by atoms with Crippen molar-refractivity contribution in [3.05, 3.63) is 48.2 Å². The summed E-state index contributed by atoms with van der Waals surface area (Å²) in [5, 5.41) is 0. The lowest BCUT2D eigenvalue weighted by atomic mass is 10.2. The van der Waals surface area contributed by atoms with Gasteiger partial charge in [0.05, 0.1) is 16.8 Å². The quantitative estimate of drug-likeness (QED) is 0.915. The average Bonchev–Trinajstić information content (AvgIpc) is 3.10. The van der Waals surface area contributed by atoms with Gasteiger partial charge in [-0.05, 0) is 49.1 Å². The van der Waals surface area contributed by atoms with Crippen LogP contribution in [0.4, 0.5) is 11.5 Å². The number of nitrogens with zero attached hydrogens (tertiary/aromatic N) is 2. The van der Waals surface area contributed by atoms with Crippen LogP contribution in [-0.2, 0) is 16.4 Å². The lowest BCUT2D eigenvalue weighted by Gasteiger charge is -2.17. The summed E-state index contributed by atoms with van der Waals surface area (Å²) in [6, 6.07) is 10.5. The minimum absolute atomic E-state index is 0.250. The van der Waals surface area contributed by atoms with Crippen molar-refractivity contribution in [2.45, 2.75) is 31.1 Å². The van der Waals surface area contributed by atoms with E-state index < -0.39 is 10.0 Å². The highest BCUT2D eigenvalue weighted by Crippen LogP contribution is 2.21. The Morgan fingerprint density at radius 2 is 1.78 bits per heavy atom. The fourth-order valence-electron chi connectivity index (χ4n) is 2.71. The molecule has 1 saturated heterocycles. The Morgan fingerprint density at radius 1 is 1.09 bits per heavy atom. The molecule has 1 aromatic carbocycles. The highest BCUT2D eigenvalue weighted by Gasteiger charge is 2.16. The molecule has 2 heterocycles. The maximum Gasteiger partial charge on any atom is 0.263 e. The molecule has 122 valence electrons. The SMILES string of the molecule is CCc1ccc(S(=O)(=O)Nc2ccc(N3CCCC3)cn2)cc1. The van der Waals surface area contributed by atoms with E-state index in [0.29, 0.717) is 5.82 Å². The molecule has 0 bridgehead atoms. The van der Waals surface area contributed by atoms with Gasteiger partial charge >= 0.3 is 0 Å². The number of aryl methyl sites for hydroxylation is 1. The topological polar surface area (TPSA) is 62.3 Å². The maximum absolute atomic E-state index is 12.4. The summed E-state index contributed by atoms with van der Waals surface area (Å²) < 4.78 is 27.3. The number of hydrogen-bond donors (Lipinski definition) is 1. The van der Waals surface area contributed by atoms with Crippen LogP contribution < -0.4 is 9.62 Å². The van der Waals surface area contributed by atoms with Gasteiger partial charge in [-0.15, -0.1) is 0 Å². The van der Waals surface area contributed by atoms with Crippen molar-refractivity contribution in [1.29, 1.82) is 0 Å². The van der Waals surface area contributed by atoms with Crippen LogP contribution in [0.2, 0.25) is 0 Å². The van der Waals surface area contributed by atoms with Crippen LogP contribution in [-0.4, -0.2) is 26.5 Å². The monoisotopic (exact) mass is 331 g/mol. The van der Waals surface area contributed by atoms with Crippen molar-refractivity contribution < 1.29 is 8.42 Å². The second kappa shape index (κ2) is 6.58. The van der Waals surface area contributed by atoms with Gasteiger partial charge in [0.1, 0.15) is 5.82 Å². The van der Waals surface area contributed by atoms with E-state index in [1.165, 1.54) is 12.8 Å². The van der Waals surface area contributed by atoms with Crippen LogP contribution in [0.25, 0.3) is 0 Å². The van der Waals surface area contributed by atoms with Crippen LogP contribution in [0.1, 0.15) is 25.3 Å². The Kier molecular flexibility index (Phi) is 4.52. The average molecular weight is 331 g/mol. The molecule has 5 nitrogen and oxygen atoms in total. The maximum atomic E-state index is 12.4. The van der Waals surface area contributed by atoms with Gasteiger partial charge in [0.25, 0.3) is 10.0 Å². The summed E-state index contributed by atoms with van der Waals surface area (Å²) in [4.78, 5) is 6.74. The first-order valence-corrected chi connectivity index (χ1v) is 9.39. The Labute approximate surface area is 137 Å². The zero-order valence-corrected chi connectivity index (χ0v) is 14.0. The fourth-order valence-corrected chi connectivity index (χ4v) is 3.72. The van der Waals surface area contributed by atoms with Crippen molar-refractivity contribution in [2.24, 2.45) is 0 Å². The molecule has 1 aliphatic rings. The van der Waals surface area contributed by atoms with Crippen LogP contribution >= 0.6 is 0 Å². The molecule has 1 N–H and O–H groups in total. The van der Waals surface area contributed by atoms with E-state index in [4.69, 9.17) is 0 Å². The first kappa shape index (κ1) is 15.8. The third-order valence-corrected chi connectivity index (χ3v) is 5.47. The third-order valence-electron chi connectivity index (χ3n) is 4.10. The van der Waals surface area contributed by atoms with Crippen molar-refractivity contribution in [2.75, 3.05) is 22.7 Å². The first-order chi connectivity index (χ1) is 11.1. The summed E-state index contributed by atoms with van der Waals surface area (Å²) in [5.41, 5.74) is 2.15. The molecule has 0 aliphatic carbocycles. The summed E-state index contributed by atoms with van der Waals surface area (Å²) in [6.07, 6.45) is 5.00. The highest BCUT2D eigenvalue weighted by molar-refractivity contribution is 7.92. The highest BCUT2D eigenvalue weighted by atomic mass is 32.2. The van der Waals surface area contributed by atoms with Gasteiger partial charge in [0, 0.05) is 13.1 Å². The van der Waals surface area contributed by atoms with E-state index >= 15 is 0 Å². The van der Waals surface area contributed by atoms with Crippen LogP contribution in [0.5, 0.6) is 0 Å². The molecule has 6 heteroatoms. The van der Waals surface area contributed by atoms with E-state index in [-0.39, 0.29) is 4.90 Å². The number of aromatic nitrogens is 1. The smallest absolute Gasteiger partial charge is 0.263 e. The van der Waals surface area contributed by atoms with E-state index in [1.54, 1.807) is 24.4 Å². The molecule has 1 fully saturated rings. The Morgan fingerprint density at radius 3 is 2.35 bits per heavy atom. The largest absolute Gasteiger partial charge is 0.370 e. The number of anilines is 2. The predicted molar refractivity (Wildman–Crippen MR) is 92.3 cm³/mol. The van der Waals surface area contributed by atoms with Gasteiger partial charge < -0.3 is 4.90 Å². The molecule has 0 atom stereocenters. The molecule has 3 rings (SSSR count). The number of sulfonamides is 1. The molecule has 0 saturated carbocycles. The number of nitrogens with one attached hydrogen (secondary N) is 1. The molecule has 0 amide bonds. The summed E-state index contributed by atoms with van der Waals surface area (Å²) in [5.74, 6) is 0.340. The zero-order chi connectivity index (χ0) is 16.3. The standard InChI is InChI=1S/C17H21N3O2S/c1-2-14-5-8-16(9-6-14)23(21,22)19-17-10-7-15(13-18-17)20-11-3-4-12-20/h5-10,13H,2-4,11-12H2,1H3,(H,18,19). The minimum atomic E-state index is -3.60. The van der Waals surface area contributed by atoms with Gasteiger partial charge in [0.15, 0.2) is 0 Å². The summed E-state index contributed by atoms with van der Waals surface area (Å²) in [6.45, 7) is 4.11. The van der Waals surface area contributed by atoms with Crippen LogP contribution in [0, 0.1) is 0 Å². The zero-order valence-electron chi connectivity index (χ0n) is 13.2. The molecule has 23 heavy (non-hydrogen) atoms. The molecular weight excluding hydrogens is 310 g/mol. The number of rotatable bonds is 5. The Bertz CT molecular complexity index is 749. The van der Waals surface area contributed by atoms with Crippen molar-refractivity contribution >= 4 is 21.5 Å². The molecular formula is C17H21N3O2S. The Hall–Kier alpha value is -2.08. The number of benzene rings is 1. The molecule has 0 spiro atoms. The van der Waals surface area contributed by atoms with E-state index in [0.717, 1.165) is 30.8 Å². The molecule has 1 aliphatic heterocycles. The summed E-state index contributed by atoms with van der Waals surface area (Å²) in [7, 11) is -3.60. The Balaban J connectivity index is 1.74. The second-order valence-corrected chi connectivity index (χ2v) is 7.38. The van der Waals surface area contributed by atoms with Gasteiger partial charge in [-0.1, -0.05) is 19.1 Å². The van der Waals surface area contributed by atoms with E-state index in [2.05, 4.69) is 14.6 Å². The van der Waals surface area contributed by atoms with Crippen LogP contribution in [0.3, 0.4) is 0 Å². The van der Waals surface area contributed by atoms with Gasteiger partial charge in [-0.2, -0.15) is 0 Å². The van der Waals surface area contributed by atoms with Gasteiger partial charge in [0.2, 0.25) is 0 Å². The van der Waals surface area contributed by atoms with E-state index in [9.17, 15) is 8.42 Å². The lowest BCUT2D eigenvalue weighted by Crippen LogP contribution is -2.18. The van der Waals surface area contributed by atoms with Gasteiger partial charge in [-0.25, -0.2) is 13.4 Å². The van der Waals surface area contributed by atoms with Crippen molar-refractivity contribution in [3.63, 3.8) is 0 Å². The molecule has 0 unspecified atom stereocenters. The van der Waals surface area contributed by atoms with Gasteiger partial charge in [-0.3, -0.25) is 4.72 Å². The predicted octanol–water partition coefficient (Wildman–Crippen LogP) is 3.05. The first-order valence-electron chi connectivity index (χ1n) is 7.91. The number of pyridine rings is 1. The third kappa shape index (κ3) is 3.64. The fraction of sp³-hybridized carbons (Fsp3) is 0.353. The lowest BCUT2D eigenvalue weighted by molar-refractivity contribution is 0.601. The molecule has 0 radical (unpaired) electrons. The number of hydrogen-bond acceptors (Lipinski definition) is 4.